The molecule has 3 rings (SSSR count). The first-order valence-electron chi connectivity index (χ1n) is 11.9. The summed E-state index contributed by atoms with van der Waals surface area (Å²) in [5.41, 5.74) is -0.203. The highest BCUT2D eigenvalue weighted by Gasteiger charge is 2.35. The van der Waals surface area contributed by atoms with Gasteiger partial charge in [0.1, 0.15) is 24.0 Å². The number of para-hydroxylation sites is 1. The fraction of sp³-hybridized carbons (Fsp3) is 0.500. The zero-order valence-corrected chi connectivity index (χ0v) is 20.0. The third kappa shape index (κ3) is 6.40. The number of nitrogens with one attached hydrogen (secondary N) is 1. The highest BCUT2D eigenvalue weighted by Crippen LogP contribution is 2.30. The van der Waals surface area contributed by atoms with E-state index in [0.717, 1.165) is 31.4 Å². The van der Waals surface area contributed by atoms with E-state index in [1.54, 1.807) is 0 Å². The maximum absolute atomic E-state index is 13.0. The number of methoxy groups -OCH3 is 1. The Kier molecular flexibility index (Phi) is 9.13. The number of rotatable bonds is 8. The molecule has 0 bridgehead atoms. The van der Waals surface area contributed by atoms with Crippen molar-refractivity contribution >= 4 is 11.9 Å². The number of aromatic nitrogens is 1. The second-order valence-corrected chi connectivity index (χ2v) is 8.58. The van der Waals surface area contributed by atoms with Crippen molar-refractivity contribution in [2.75, 3.05) is 7.11 Å². The monoisotopic (exact) mass is 470 g/mol. The van der Waals surface area contributed by atoms with Crippen molar-refractivity contribution in [1.82, 2.24) is 10.3 Å². The van der Waals surface area contributed by atoms with Crippen LogP contribution in [0.25, 0.3) is 0 Å². The first-order valence-corrected chi connectivity index (χ1v) is 11.9. The zero-order valence-electron chi connectivity index (χ0n) is 20.0. The normalized spacial score (nSPS) is 23.1. The van der Waals surface area contributed by atoms with Gasteiger partial charge >= 0.3 is 5.97 Å². The predicted octanol–water partition coefficient (Wildman–Crippen LogP) is 4.26. The molecule has 0 aliphatic carbocycles. The van der Waals surface area contributed by atoms with Gasteiger partial charge in [0, 0.05) is 18.2 Å². The Labute approximate surface area is 200 Å². The van der Waals surface area contributed by atoms with Crippen LogP contribution >= 0.6 is 0 Å². The third-order valence-corrected chi connectivity index (χ3v) is 6.20. The molecule has 1 aromatic heterocycles. The fourth-order valence-corrected chi connectivity index (χ4v) is 4.32. The van der Waals surface area contributed by atoms with Gasteiger partial charge in [0.2, 0.25) is 0 Å². The van der Waals surface area contributed by atoms with Crippen LogP contribution in [0.15, 0.2) is 42.6 Å². The molecule has 2 N–H and O–H groups in total. The maximum Gasteiger partial charge on any atom is 0.328 e. The van der Waals surface area contributed by atoms with E-state index in [4.69, 9.17) is 14.2 Å². The molecule has 0 spiro atoms. The molecular weight excluding hydrogens is 436 g/mol. The summed E-state index contributed by atoms with van der Waals surface area (Å²) in [6.07, 6.45) is 5.54. The number of carbonyl (C=O) groups excluding carboxylic acids is 2. The number of cyclic esters (lactones) is 1. The van der Waals surface area contributed by atoms with Crippen molar-refractivity contribution in [3.8, 4) is 17.2 Å². The summed E-state index contributed by atoms with van der Waals surface area (Å²) >= 11 is 0. The largest absolute Gasteiger partial charge is 0.503 e. The maximum atomic E-state index is 13.0. The standard InChI is InChI=1S/C26H34N2O6/c1-4-5-12-19-17(2)33-26(31)20(13-9-14-21(19)34-18-10-7-6-8-11-18)28-25(30)23-24(29)22(32-3)15-16-27-23/h6-8,10-11,15-17,19-21,29H,4-5,9,12-14H2,1-3H3,(H,28,30)/t17-,19-,20?,21-/m0/s1. The lowest BCUT2D eigenvalue weighted by Gasteiger charge is -2.31. The van der Waals surface area contributed by atoms with Crippen LogP contribution in [0.5, 0.6) is 17.2 Å². The number of ether oxygens (including phenoxy) is 3. The molecule has 4 atom stereocenters. The van der Waals surface area contributed by atoms with Crippen LogP contribution in [0.3, 0.4) is 0 Å². The molecule has 1 fully saturated rings. The molecule has 2 aromatic rings. The second kappa shape index (κ2) is 12.3. The van der Waals surface area contributed by atoms with E-state index in [2.05, 4.69) is 17.2 Å². The van der Waals surface area contributed by atoms with Crippen LogP contribution in [-0.4, -0.2) is 47.3 Å². The number of aromatic hydroxyl groups is 1. The van der Waals surface area contributed by atoms with Gasteiger partial charge < -0.3 is 24.6 Å². The van der Waals surface area contributed by atoms with Gasteiger partial charge in [-0.25, -0.2) is 9.78 Å². The summed E-state index contributed by atoms with van der Waals surface area (Å²) in [7, 11) is 1.39. The minimum atomic E-state index is -0.857. The van der Waals surface area contributed by atoms with Crippen molar-refractivity contribution in [1.29, 1.82) is 0 Å². The van der Waals surface area contributed by atoms with Gasteiger partial charge in [-0.3, -0.25) is 4.79 Å². The molecule has 184 valence electrons. The van der Waals surface area contributed by atoms with E-state index < -0.39 is 17.9 Å². The lowest BCUT2D eigenvalue weighted by atomic mass is 9.88. The molecule has 8 heteroatoms. The van der Waals surface area contributed by atoms with Crippen LogP contribution < -0.4 is 14.8 Å². The van der Waals surface area contributed by atoms with Gasteiger partial charge in [-0.2, -0.15) is 0 Å². The van der Waals surface area contributed by atoms with E-state index in [9.17, 15) is 14.7 Å². The quantitative estimate of drug-likeness (QED) is 0.555. The Bertz CT molecular complexity index is 952. The molecule has 8 nitrogen and oxygen atoms in total. The van der Waals surface area contributed by atoms with Gasteiger partial charge in [0.05, 0.1) is 7.11 Å². The average molecular weight is 471 g/mol. The Morgan fingerprint density at radius 1 is 1.24 bits per heavy atom. The van der Waals surface area contributed by atoms with Gasteiger partial charge in [-0.05, 0) is 44.7 Å². The van der Waals surface area contributed by atoms with Crippen LogP contribution in [0.1, 0.15) is 62.9 Å². The van der Waals surface area contributed by atoms with Crippen molar-refractivity contribution in [3.05, 3.63) is 48.3 Å². The van der Waals surface area contributed by atoms with Crippen LogP contribution in [0, 0.1) is 5.92 Å². The summed E-state index contributed by atoms with van der Waals surface area (Å²) in [4.78, 5) is 29.8. The van der Waals surface area contributed by atoms with E-state index in [-0.39, 0.29) is 35.3 Å². The molecular formula is C26H34N2O6. The number of pyridine rings is 1. The molecule has 1 amide bonds. The summed E-state index contributed by atoms with van der Waals surface area (Å²) in [6.45, 7) is 4.02. The van der Waals surface area contributed by atoms with Crippen molar-refractivity contribution in [2.24, 2.45) is 5.92 Å². The van der Waals surface area contributed by atoms with Crippen molar-refractivity contribution in [2.45, 2.75) is 70.6 Å². The summed E-state index contributed by atoms with van der Waals surface area (Å²) in [5, 5.41) is 12.9. The molecule has 1 aromatic carbocycles. The average Bonchev–Trinajstić information content (AvgIpc) is 2.88. The van der Waals surface area contributed by atoms with Gasteiger partial charge in [-0.15, -0.1) is 0 Å². The Hall–Kier alpha value is -3.29. The second-order valence-electron chi connectivity index (χ2n) is 8.58. The third-order valence-electron chi connectivity index (χ3n) is 6.20. The highest BCUT2D eigenvalue weighted by molar-refractivity contribution is 5.97. The number of hydrogen-bond donors (Lipinski definition) is 2. The molecule has 1 saturated heterocycles. The van der Waals surface area contributed by atoms with E-state index in [0.29, 0.717) is 12.8 Å². The van der Waals surface area contributed by atoms with E-state index in [1.165, 1.54) is 19.4 Å². The summed E-state index contributed by atoms with van der Waals surface area (Å²) < 4.78 is 17.2. The predicted molar refractivity (Wildman–Crippen MR) is 127 cm³/mol. The van der Waals surface area contributed by atoms with E-state index in [1.807, 2.05) is 37.3 Å². The molecule has 0 radical (unpaired) electrons. The highest BCUT2D eigenvalue weighted by atomic mass is 16.5. The summed E-state index contributed by atoms with van der Waals surface area (Å²) in [5.74, 6) is -0.581. The van der Waals surface area contributed by atoms with Gasteiger partial charge in [0.15, 0.2) is 17.2 Å². The number of amides is 1. The first kappa shape index (κ1) is 25.3. The van der Waals surface area contributed by atoms with Crippen LogP contribution in [-0.2, 0) is 9.53 Å². The fourth-order valence-electron chi connectivity index (χ4n) is 4.32. The number of benzene rings is 1. The van der Waals surface area contributed by atoms with Crippen LogP contribution in [0.4, 0.5) is 0 Å². The Morgan fingerprint density at radius 2 is 2.00 bits per heavy atom. The van der Waals surface area contributed by atoms with Gasteiger partial charge in [0.25, 0.3) is 5.91 Å². The smallest absolute Gasteiger partial charge is 0.328 e. The molecule has 0 saturated carbocycles. The Balaban J connectivity index is 1.76. The first-order chi connectivity index (χ1) is 16.4. The Morgan fingerprint density at radius 3 is 2.71 bits per heavy atom. The molecule has 34 heavy (non-hydrogen) atoms. The molecule has 1 aliphatic rings. The minimum absolute atomic E-state index is 0.0302. The molecule has 2 heterocycles. The molecule has 1 unspecified atom stereocenters. The number of nitrogens with zero attached hydrogens (tertiary/aromatic N) is 1. The zero-order chi connectivity index (χ0) is 24.5. The number of carbonyl (C=O) groups is 2. The number of unbranched alkanes of at least 4 members (excludes halogenated alkanes) is 1. The number of esters is 1. The number of hydrogen-bond acceptors (Lipinski definition) is 7. The molecule has 1 aliphatic heterocycles. The SMILES string of the molecule is CCCC[C@H]1[C@H](C)OC(=O)C(NC(=O)c2nccc(OC)c2O)CCC[C@@H]1Oc1ccccc1. The van der Waals surface area contributed by atoms with Gasteiger partial charge in [-0.1, -0.05) is 38.0 Å². The lowest BCUT2D eigenvalue weighted by molar-refractivity contribution is -0.154. The minimum Gasteiger partial charge on any atom is -0.503 e. The van der Waals surface area contributed by atoms with Crippen molar-refractivity contribution < 1.29 is 28.9 Å². The summed E-state index contributed by atoms with van der Waals surface area (Å²) in [6, 6.07) is 10.3. The van der Waals surface area contributed by atoms with Crippen LogP contribution in [0.2, 0.25) is 0 Å². The van der Waals surface area contributed by atoms with E-state index >= 15 is 0 Å². The van der Waals surface area contributed by atoms with Crippen molar-refractivity contribution in [3.63, 3.8) is 0 Å². The topological polar surface area (TPSA) is 107 Å². The lowest BCUT2D eigenvalue weighted by Crippen LogP contribution is -2.43.